The highest BCUT2D eigenvalue weighted by molar-refractivity contribution is 7.17. The minimum absolute atomic E-state index is 0.404. The van der Waals surface area contributed by atoms with Gasteiger partial charge in [0.05, 0.1) is 0 Å². The first kappa shape index (κ1) is 15.5. The number of hydrogen-bond donors (Lipinski definition) is 1. The van der Waals surface area contributed by atoms with E-state index < -0.39 is 0 Å². The third-order valence-corrected chi connectivity index (χ3v) is 4.95. The molecule has 1 aromatic heterocycles. The van der Waals surface area contributed by atoms with Crippen LogP contribution in [0.5, 0.6) is 0 Å². The molecule has 0 unspecified atom stereocenters. The van der Waals surface area contributed by atoms with Crippen LogP contribution >= 0.6 is 11.3 Å². The Morgan fingerprint density at radius 2 is 1.95 bits per heavy atom. The van der Waals surface area contributed by atoms with Gasteiger partial charge in [0.2, 0.25) is 0 Å². The molecule has 1 heterocycles. The minimum atomic E-state index is 0.404. The van der Waals surface area contributed by atoms with Crippen LogP contribution in [0.1, 0.15) is 52.0 Å². The molecule has 1 N–H and O–H groups in total. The molecule has 2 heteroatoms. The molecule has 0 amide bonds. The SMILES string of the molecule is CCCCCC(C)(C)CNCc1csc2ccccc12. The molecule has 0 aliphatic heterocycles. The predicted molar refractivity (Wildman–Crippen MR) is 91.5 cm³/mol. The van der Waals surface area contributed by atoms with E-state index in [1.165, 1.54) is 41.3 Å². The smallest absolute Gasteiger partial charge is 0.0346 e. The first-order chi connectivity index (χ1) is 9.62. The van der Waals surface area contributed by atoms with Crippen LogP contribution in [0.4, 0.5) is 0 Å². The Labute approximate surface area is 127 Å². The maximum atomic E-state index is 3.65. The fourth-order valence-corrected chi connectivity index (χ4v) is 3.61. The van der Waals surface area contributed by atoms with Crippen molar-refractivity contribution in [1.29, 1.82) is 0 Å². The lowest BCUT2D eigenvalue weighted by Crippen LogP contribution is -2.29. The number of benzene rings is 1. The zero-order chi connectivity index (χ0) is 14.4. The third kappa shape index (κ3) is 4.32. The molecule has 2 aromatic rings. The third-order valence-electron chi connectivity index (χ3n) is 3.94. The second-order valence-corrected chi connectivity index (χ2v) is 7.39. The molecule has 110 valence electrons. The van der Waals surface area contributed by atoms with Gasteiger partial charge in [0.15, 0.2) is 0 Å². The van der Waals surface area contributed by atoms with E-state index in [1.54, 1.807) is 0 Å². The highest BCUT2D eigenvalue weighted by atomic mass is 32.1. The van der Waals surface area contributed by atoms with Crippen molar-refractivity contribution in [3.8, 4) is 0 Å². The molecule has 0 aliphatic rings. The van der Waals surface area contributed by atoms with Crippen LogP contribution in [0.25, 0.3) is 10.1 Å². The van der Waals surface area contributed by atoms with E-state index in [0.717, 1.165) is 13.1 Å². The Balaban J connectivity index is 1.83. The summed E-state index contributed by atoms with van der Waals surface area (Å²) in [6, 6.07) is 8.69. The van der Waals surface area contributed by atoms with E-state index in [1.807, 2.05) is 11.3 Å². The van der Waals surface area contributed by atoms with Crippen LogP contribution in [0.2, 0.25) is 0 Å². The van der Waals surface area contributed by atoms with Crippen LogP contribution in [-0.2, 0) is 6.54 Å². The van der Waals surface area contributed by atoms with E-state index in [9.17, 15) is 0 Å². The van der Waals surface area contributed by atoms with Crippen LogP contribution in [0.15, 0.2) is 29.6 Å². The quantitative estimate of drug-likeness (QED) is 0.624. The standard InChI is InChI=1S/C18H27NS/c1-4-5-8-11-18(2,3)14-19-12-15-13-20-17-10-7-6-9-16(15)17/h6-7,9-10,13,19H,4-5,8,11-12,14H2,1-3H3. The summed E-state index contributed by atoms with van der Waals surface area (Å²) in [5.74, 6) is 0. The van der Waals surface area contributed by atoms with E-state index >= 15 is 0 Å². The van der Waals surface area contributed by atoms with Crippen molar-refractivity contribution in [3.05, 3.63) is 35.2 Å². The molecule has 1 aromatic carbocycles. The summed E-state index contributed by atoms with van der Waals surface area (Å²) in [6.07, 6.45) is 5.34. The van der Waals surface area contributed by atoms with Gasteiger partial charge in [-0.1, -0.05) is 58.2 Å². The molecule has 0 fully saturated rings. The van der Waals surface area contributed by atoms with Crippen molar-refractivity contribution in [2.75, 3.05) is 6.54 Å². The summed E-state index contributed by atoms with van der Waals surface area (Å²) in [7, 11) is 0. The van der Waals surface area contributed by atoms with Gasteiger partial charge in [-0.05, 0) is 34.2 Å². The van der Waals surface area contributed by atoms with Gasteiger partial charge in [0.1, 0.15) is 0 Å². The molecule has 2 rings (SSSR count). The maximum absolute atomic E-state index is 3.65. The monoisotopic (exact) mass is 289 g/mol. The number of rotatable bonds is 8. The fourth-order valence-electron chi connectivity index (χ4n) is 2.65. The molecular formula is C18H27NS. The molecule has 0 atom stereocenters. The topological polar surface area (TPSA) is 12.0 Å². The summed E-state index contributed by atoms with van der Waals surface area (Å²) < 4.78 is 1.39. The van der Waals surface area contributed by atoms with E-state index in [2.05, 4.69) is 55.7 Å². The average molecular weight is 289 g/mol. The summed E-state index contributed by atoms with van der Waals surface area (Å²) in [4.78, 5) is 0. The van der Waals surface area contributed by atoms with Crippen LogP contribution < -0.4 is 5.32 Å². The van der Waals surface area contributed by atoms with Crippen LogP contribution in [0, 0.1) is 5.41 Å². The van der Waals surface area contributed by atoms with Gasteiger partial charge in [-0.3, -0.25) is 0 Å². The normalized spacial score (nSPS) is 12.2. The first-order valence-electron chi connectivity index (χ1n) is 7.78. The zero-order valence-electron chi connectivity index (χ0n) is 13.0. The Bertz CT molecular complexity index is 527. The molecule has 0 bridgehead atoms. The number of thiophene rings is 1. The van der Waals surface area contributed by atoms with E-state index in [0.29, 0.717) is 5.41 Å². The molecule has 0 saturated heterocycles. The summed E-state index contributed by atoms with van der Waals surface area (Å²) in [6.45, 7) is 9.11. The molecular weight excluding hydrogens is 262 g/mol. The van der Waals surface area contributed by atoms with Crippen molar-refractivity contribution in [2.45, 2.75) is 53.0 Å². The highest BCUT2D eigenvalue weighted by Gasteiger charge is 2.16. The maximum Gasteiger partial charge on any atom is 0.0346 e. The lowest BCUT2D eigenvalue weighted by Gasteiger charge is -2.25. The van der Waals surface area contributed by atoms with Crippen molar-refractivity contribution < 1.29 is 0 Å². The van der Waals surface area contributed by atoms with Crippen LogP contribution in [-0.4, -0.2) is 6.54 Å². The summed E-state index contributed by atoms with van der Waals surface area (Å²) in [5, 5.41) is 7.36. The lowest BCUT2D eigenvalue weighted by molar-refractivity contribution is 0.302. The Morgan fingerprint density at radius 1 is 1.15 bits per heavy atom. The van der Waals surface area contributed by atoms with Gasteiger partial charge in [0.25, 0.3) is 0 Å². The Hall–Kier alpha value is -0.860. The van der Waals surface area contributed by atoms with E-state index in [4.69, 9.17) is 0 Å². The van der Waals surface area contributed by atoms with Crippen molar-refractivity contribution in [3.63, 3.8) is 0 Å². The second-order valence-electron chi connectivity index (χ2n) is 6.48. The molecule has 0 radical (unpaired) electrons. The average Bonchev–Trinajstić information content (AvgIpc) is 2.82. The highest BCUT2D eigenvalue weighted by Crippen LogP contribution is 2.26. The zero-order valence-corrected chi connectivity index (χ0v) is 13.9. The largest absolute Gasteiger partial charge is 0.312 e. The lowest BCUT2D eigenvalue weighted by atomic mass is 9.87. The summed E-state index contributed by atoms with van der Waals surface area (Å²) >= 11 is 1.85. The van der Waals surface area contributed by atoms with Gasteiger partial charge >= 0.3 is 0 Å². The van der Waals surface area contributed by atoms with Crippen molar-refractivity contribution in [2.24, 2.45) is 5.41 Å². The van der Waals surface area contributed by atoms with Gasteiger partial charge in [-0.25, -0.2) is 0 Å². The summed E-state index contributed by atoms with van der Waals surface area (Å²) in [5.41, 5.74) is 1.84. The molecule has 0 saturated carbocycles. The van der Waals surface area contributed by atoms with E-state index in [-0.39, 0.29) is 0 Å². The second kappa shape index (κ2) is 7.24. The Morgan fingerprint density at radius 3 is 2.75 bits per heavy atom. The first-order valence-corrected chi connectivity index (χ1v) is 8.66. The minimum Gasteiger partial charge on any atom is -0.312 e. The van der Waals surface area contributed by atoms with Gasteiger partial charge in [-0.15, -0.1) is 11.3 Å². The van der Waals surface area contributed by atoms with Gasteiger partial charge in [0, 0.05) is 17.8 Å². The van der Waals surface area contributed by atoms with Crippen molar-refractivity contribution in [1.82, 2.24) is 5.32 Å². The number of unbranched alkanes of at least 4 members (excludes halogenated alkanes) is 2. The fraction of sp³-hybridized carbons (Fsp3) is 0.556. The number of hydrogen-bond acceptors (Lipinski definition) is 2. The van der Waals surface area contributed by atoms with Crippen molar-refractivity contribution >= 4 is 21.4 Å². The molecule has 1 nitrogen and oxygen atoms in total. The molecule has 20 heavy (non-hydrogen) atoms. The van der Waals surface area contributed by atoms with Gasteiger partial charge in [-0.2, -0.15) is 0 Å². The molecule has 0 spiro atoms. The van der Waals surface area contributed by atoms with Crippen LogP contribution in [0.3, 0.4) is 0 Å². The van der Waals surface area contributed by atoms with Gasteiger partial charge < -0.3 is 5.32 Å². The molecule has 0 aliphatic carbocycles. The predicted octanol–water partition coefficient (Wildman–Crippen LogP) is 5.60. The Kier molecular flexibility index (Phi) is 5.62. The number of nitrogens with one attached hydrogen (secondary N) is 1. The number of fused-ring (bicyclic) bond motifs is 1.